The highest BCUT2D eigenvalue weighted by Gasteiger charge is 2.23. The molecule has 3 aromatic rings. The topological polar surface area (TPSA) is 86.3 Å². The van der Waals surface area contributed by atoms with Gasteiger partial charge in [-0.2, -0.15) is 0 Å². The number of hydrogen-bond donors (Lipinski definition) is 2. The first-order chi connectivity index (χ1) is 17.3. The van der Waals surface area contributed by atoms with Crippen molar-refractivity contribution in [1.29, 1.82) is 0 Å². The van der Waals surface area contributed by atoms with Crippen molar-refractivity contribution < 1.29 is 28.8 Å². The molecule has 0 unspecified atom stereocenters. The van der Waals surface area contributed by atoms with Gasteiger partial charge in [0.15, 0.2) is 11.5 Å². The third-order valence-corrected chi connectivity index (χ3v) is 5.49. The Morgan fingerprint density at radius 3 is 1.86 bits per heavy atom. The molecule has 0 aliphatic rings. The molecule has 0 aliphatic heterocycles. The second-order valence-electron chi connectivity index (χ2n) is 9.48. The molecule has 0 bridgehead atoms. The predicted molar refractivity (Wildman–Crippen MR) is 140 cm³/mol. The minimum atomic E-state index is -1.18. The molecule has 7 nitrogen and oxygen atoms in total. The Balaban J connectivity index is 1.81. The van der Waals surface area contributed by atoms with Gasteiger partial charge >= 0.3 is 6.09 Å². The monoisotopic (exact) mass is 493 g/mol. The fraction of sp³-hybridized carbons (Fsp3) is 0.345. The highest BCUT2D eigenvalue weighted by atomic mass is 16.6. The molecule has 0 fully saturated rings. The molecule has 36 heavy (non-hydrogen) atoms. The normalized spacial score (nSPS) is 11.4. The second kappa shape index (κ2) is 13.0. The number of nitrogens with one attached hydrogen (secondary N) is 1. The van der Waals surface area contributed by atoms with Gasteiger partial charge in [-0.05, 0) is 34.2 Å². The summed E-state index contributed by atoms with van der Waals surface area (Å²) in [6.07, 6.45) is -1.64. The fourth-order valence-corrected chi connectivity index (χ4v) is 3.60. The van der Waals surface area contributed by atoms with Crippen LogP contribution in [0.2, 0.25) is 0 Å². The summed E-state index contributed by atoms with van der Waals surface area (Å²) < 4.78 is 23.9. The maximum absolute atomic E-state index is 11.4. The summed E-state index contributed by atoms with van der Waals surface area (Å²) in [6, 6.07) is 23.5. The van der Waals surface area contributed by atoms with E-state index in [-0.39, 0.29) is 18.6 Å². The number of ether oxygens (including phenoxy) is 4. The van der Waals surface area contributed by atoms with Gasteiger partial charge in [0.1, 0.15) is 6.10 Å². The summed E-state index contributed by atoms with van der Waals surface area (Å²) in [5, 5.41) is 11.8. The van der Waals surface area contributed by atoms with Gasteiger partial charge in [-0.1, -0.05) is 81.4 Å². The van der Waals surface area contributed by atoms with E-state index in [9.17, 15) is 9.90 Å². The van der Waals surface area contributed by atoms with Gasteiger partial charge in [0.25, 0.3) is 0 Å². The molecule has 1 amide bonds. The van der Waals surface area contributed by atoms with Crippen molar-refractivity contribution in [2.75, 3.05) is 25.6 Å². The zero-order valence-electron chi connectivity index (χ0n) is 21.3. The van der Waals surface area contributed by atoms with Gasteiger partial charge < -0.3 is 24.1 Å². The van der Waals surface area contributed by atoms with E-state index in [0.29, 0.717) is 30.4 Å². The molecule has 3 rings (SSSR count). The number of methoxy groups -OCH3 is 1. The molecular weight excluding hydrogens is 458 g/mol. The lowest BCUT2D eigenvalue weighted by Crippen LogP contribution is -2.29. The largest absolute Gasteiger partial charge is 0.491 e. The summed E-state index contributed by atoms with van der Waals surface area (Å²) in [4.78, 5) is 11.4. The number of carboxylic acid groups (broad SMARTS) is 1. The molecular formula is C29H35NO6. The molecule has 0 heterocycles. The highest BCUT2D eigenvalue weighted by molar-refractivity contribution is 5.86. The number of benzene rings is 3. The van der Waals surface area contributed by atoms with Crippen LogP contribution in [-0.4, -0.2) is 37.6 Å². The van der Waals surface area contributed by atoms with Crippen LogP contribution in [0.15, 0.2) is 72.8 Å². The molecule has 0 atom stereocenters. The number of rotatable bonds is 12. The van der Waals surface area contributed by atoms with Crippen molar-refractivity contribution in [1.82, 2.24) is 0 Å². The molecule has 2 N–H and O–H groups in total. The quantitative estimate of drug-likeness (QED) is 0.310. The van der Waals surface area contributed by atoms with Crippen LogP contribution in [0.5, 0.6) is 11.5 Å². The second-order valence-corrected chi connectivity index (χ2v) is 9.48. The number of carbonyl (C=O) groups is 1. The van der Waals surface area contributed by atoms with Crippen molar-refractivity contribution in [3.05, 3.63) is 89.5 Å². The van der Waals surface area contributed by atoms with Crippen LogP contribution in [0.1, 0.15) is 37.5 Å². The van der Waals surface area contributed by atoms with Crippen molar-refractivity contribution in [3.63, 3.8) is 0 Å². The van der Waals surface area contributed by atoms with Gasteiger partial charge in [-0.3, -0.25) is 5.32 Å². The minimum absolute atomic E-state index is 0.248. The van der Waals surface area contributed by atoms with Crippen LogP contribution in [0.4, 0.5) is 10.5 Å². The Morgan fingerprint density at radius 2 is 1.42 bits per heavy atom. The summed E-state index contributed by atoms with van der Waals surface area (Å²) in [6.45, 7) is 7.56. The van der Waals surface area contributed by atoms with Gasteiger partial charge in [-0.25, -0.2) is 4.79 Å². The smallest absolute Gasteiger partial charge is 0.409 e. The van der Waals surface area contributed by atoms with E-state index in [1.807, 2.05) is 87.5 Å². The number of hydrogen-bond acceptors (Lipinski definition) is 5. The third-order valence-electron chi connectivity index (χ3n) is 5.49. The average Bonchev–Trinajstić information content (AvgIpc) is 2.84. The summed E-state index contributed by atoms with van der Waals surface area (Å²) in [5.41, 5.74) is 3.09. The van der Waals surface area contributed by atoms with Gasteiger partial charge in [0, 0.05) is 0 Å². The maximum atomic E-state index is 11.4. The number of amides is 1. The lowest BCUT2D eigenvalue weighted by molar-refractivity contribution is -0.0165. The Bertz CT molecular complexity index is 1050. The van der Waals surface area contributed by atoms with Crippen molar-refractivity contribution in [2.45, 2.75) is 45.5 Å². The van der Waals surface area contributed by atoms with E-state index < -0.39 is 12.2 Å². The van der Waals surface area contributed by atoms with Crippen molar-refractivity contribution in [3.8, 4) is 11.5 Å². The zero-order valence-corrected chi connectivity index (χ0v) is 21.3. The molecule has 192 valence electrons. The van der Waals surface area contributed by atoms with Crippen LogP contribution in [0, 0.1) is 0 Å². The molecule has 0 radical (unpaired) electrons. The summed E-state index contributed by atoms with van der Waals surface area (Å²) >= 11 is 0. The number of anilines is 1. The first-order valence-electron chi connectivity index (χ1n) is 11.9. The molecule has 0 saturated heterocycles. The molecule has 0 aliphatic carbocycles. The Labute approximate surface area is 213 Å². The molecule has 0 spiro atoms. The van der Waals surface area contributed by atoms with E-state index in [2.05, 4.69) is 5.32 Å². The van der Waals surface area contributed by atoms with E-state index >= 15 is 0 Å². The van der Waals surface area contributed by atoms with Crippen molar-refractivity contribution in [2.24, 2.45) is 0 Å². The first-order valence-corrected chi connectivity index (χ1v) is 11.9. The van der Waals surface area contributed by atoms with Gasteiger partial charge in [0.05, 0.1) is 39.2 Å². The van der Waals surface area contributed by atoms with Crippen LogP contribution >= 0.6 is 0 Å². The highest BCUT2D eigenvalue weighted by Crippen LogP contribution is 2.40. The molecule has 0 saturated carbocycles. The lowest BCUT2D eigenvalue weighted by atomic mass is 9.86. The Hall–Kier alpha value is -3.55. The molecule has 7 heteroatoms. The average molecular weight is 494 g/mol. The first kappa shape index (κ1) is 27.0. The SMILES string of the molecule is COc1c(NC(=O)O)cc(C(C)(C)C)cc1OC(COCc1ccccc1)COCc1ccccc1. The van der Waals surface area contributed by atoms with Gasteiger partial charge in [-0.15, -0.1) is 0 Å². The van der Waals surface area contributed by atoms with E-state index in [4.69, 9.17) is 18.9 Å². The van der Waals surface area contributed by atoms with E-state index in [1.165, 1.54) is 7.11 Å². The van der Waals surface area contributed by atoms with E-state index in [0.717, 1.165) is 16.7 Å². The van der Waals surface area contributed by atoms with Crippen LogP contribution < -0.4 is 14.8 Å². The third kappa shape index (κ3) is 8.29. The maximum Gasteiger partial charge on any atom is 0.409 e. The fourth-order valence-electron chi connectivity index (χ4n) is 3.60. The standard InChI is InChI=1S/C29H35NO6/c1-29(2,3)23-15-25(30-28(31)32)27(33-4)26(16-23)36-24(19-34-17-21-11-7-5-8-12-21)20-35-18-22-13-9-6-10-14-22/h5-16,24,30H,17-20H2,1-4H3,(H,31,32). The predicted octanol–water partition coefficient (Wildman–Crippen LogP) is 6.26. The lowest BCUT2D eigenvalue weighted by Gasteiger charge is -2.26. The van der Waals surface area contributed by atoms with Crippen LogP contribution in [0.3, 0.4) is 0 Å². The zero-order chi connectivity index (χ0) is 26.0. The Kier molecular flexibility index (Phi) is 9.73. The van der Waals surface area contributed by atoms with Crippen LogP contribution in [-0.2, 0) is 28.1 Å². The summed E-state index contributed by atoms with van der Waals surface area (Å²) in [7, 11) is 1.48. The van der Waals surface area contributed by atoms with Crippen molar-refractivity contribution >= 4 is 11.8 Å². The van der Waals surface area contributed by atoms with E-state index in [1.54, 1.807) is 6.07 Å². The summed E-state index contributed by atoms with van der Waals surface area (Å²) in [5.74, 6) is 0.729. The molecule has 3 aromatic carbocycles. The molecule has 0 aromatic heterocycles. The Morgan fingerprint density at radius 1 is 0.889 bits per heavy atom. The van der Waals surface area contributed by atoms with Gasteiger partial charge in [0.2, 0.25) is 0 Å². The van der Waals surface area contributed by atoms with Crippen LogP contribution in [0.25, 0.3) is 0 Å². The minimum Gasteiger partial charge on any atom is -0.491 e.